The van der Waals surface area contributed by atoms with E-state index in [1.807, 2.05) is 43.9 Å². The zero-order valence-corrected chi connectivity index (χ0v) is 26.7. The number of alkyl carbamates (subject to hydrolysis) is 1. The van der Waals surface area contributed by atoms with Crippen LogP contribution < -0.4 is 16.3 Å². The number of aromatic nitrogens is 2. The Morgan fingerprint density at radius 2 is 1.64 bits per heavy atom. The standard InChI is InChI=1S/C34H43N5O6/c1-32(2,3)45-30(43)36-34-16-13-33(14-17-34,15-18-34)29(42)38-19-11-22(12-20-38)5-6-23-7-8-24-26(21-23)37(4)31(44)39(24)25-9-10-27(40)35-28(25)41/h7-8,21-22,25H,9-20H2,1-4H3,(H,36,43)(H,35,40,41). The molecule has 240 valence electrons. The van der Waals surface area contributed by atoms with Crippen molar-refractivity contribution in [2.75, 3.05) is 13.1 Å². The molecule has 2 aromatic rings. The van der Waals surface area contributed by atoms with Gasteiger partial charge >= 0.3 is 11.8 Å². The lowest BCUT2D eigenvalue weighted by atomic mass is 9.56. The van der Waals surface area contributed by atoms with Crippen LogP contribution in [0.1, 0.15) is 96.6 Å². The van der Waals surface area contributed by atoms with E-state index in [-0.39, 0.29) is 46.9 Å². The number of carbonyl (C=O) groups is 4. The van der Waals surface area contributed by atoms with Gasteiger partial charge in [0.2, 0.25) is 17.7 Å². The van der Waals surface area contributed by atoms with Gasteiger partial charge in [-0.1, -0.05) is 11.8 Å². The third kappa shape index (κ3) is 5.99. The first-order valence-electron chi connectivity index (χ1n) is 16.1. The molecule has 1 aromatic heterocycles. The number of hydrogen-bond acceptors (Lipinski definition) is 6. The number of imide groups is 1. The Balaban J connectivity index is 1.06. The van der Waals surface area contributed by atoms with E-state index in [2.05, 4.69) is 22.5 Å². The van der Waals surface area contributed by atoms with E-state index >= 15 is 0 Å². The van der Waals surface area contributed by atoms with Gasteiger partial charge in [-0.05, 0) is 96.8 Å². The minimum atomic E-state index is -0.720. The number of aryl methyl sites for hydroxylation is 1. The van der Waals surface area contributed by atoms with Crippen LogP contribution in [0.5, 0.6) is 0 Å². The predicted molar refractivity (Wildman–Crippen MR) is 167 cm³/mol. The van der Waals surface area contributed by atoms with Crippen LogP contribution in [0, 0.1) is 23.2 Å². The molecule has 1 unspecified atom stereocenters. The highest BCUT2D eigenvalue weighted by Crippen LogP contribution is 2.53. The van der Waals surface area contributed by atoms with Crippen molar-refractivity contribution in [2.45, 2.75) is 102 Å². The number of nitrogens with zero attached hydrogens (tertiary/aromatic N) is 3. The molecule has 11 nitrogen and oxygen atoms in total. The van der Waals surface area contributed by atoms with Crippen molar-refractivity contribution < 1.29 is 23.9 Å². The SMILES string of the molecule is Cn1c(=O)n(C2CCC(=O)NC2=O)c2ccc(C#CC3CCN(C(=O)C45CCC(NC(=O)OC(C)(C)C)(CC4)CC5)CC3)cc21. The molecule has 3 heterocycles. The van der Waals surface area contributed by atoms with E-state index in [1.54, 1.807) is 7.05 Å². The molecule has 5 fully saturated rings. The second-order valence-corrected chi connectivity index (χ2v) is 14.4. The summed E-state index contributed by atoms with van der Waals surface area (Å²) < 4.78 is 8.48. The Labute approximate surface area is 263 Å². The van der Waals surface area contributed by atoms with Crippen LogP contribution in [-0.4, -0.2) is 62.1 Å². The van der Waals surface area contributed by atoms with Crippen molar-refractivity contribution >= 4 is 34.8 Å². The maximum atomic E-state index is 13.8. The fourth-order valence-electron chi connectivity index (χ4n) is 7.63. The Kier molecular flexibility index (Phi) is 7.82. The number of piperidine rings is 2. The Morgan fingerprint density at radius 1 is 0.978 bits per heavy atom. The number of likely N-dealkylation sites (tertiary alicyclic amines) is 1. The van der Waals surface area contributed by atoms with Gasteiger partial charge in [0.15, 0.2) is 0 Å². The highest BCUT2D eigenvalue weighted by Gasteiger charge is 2.54. The van der Waals surface area contributed by atoms with Crippen LogP contribution in [0.15, 0.2) is 23.0 Å². The smallest absolute Gasteiger partial charge is 0.408 e. The minimum Gasteiger partial charge on any atom is -0.444 e. The first-order chi connectivity index (χ1) is 21.3. The van der Waals surface area contributed by atoms with E-state index < -0.39 is 17.6 Å². The highest BCUT2D eigenvalue weighted by molar-refractivity contribution is 6.00. The van der Waals surface area contributed by atoms with Crippen molar-refractivity contribution in [1.82, 2.24) is 24.7 Å². The summed E-state index contributed by atoms with van der Waals surface area (Å²) in [6, 6.07) is 4.82. The minimum absolute atomic E-state index is 0.169. The van der Waals surface area contributed by atoms with Gasteiger partial charge in [-0.2, -0.15) is 0 Å². The van der Waals surface area contributed by atoms with Crippen LogP contribution in [0.4, 0.5) is 4.79 Å². The summed E-state index contributed by atoms with van der Waals surface area (Å²) in [5, 5.41) is 5.47. The summed E-state index contributed by atoms with van der Waals surface area (Å²) >= 11 is 0. The molecular formula is C34H43N5O6. The molecule has 4 amide bonds. The van der Waals surface area contributed by atoms with Gasteiger partial charge < -0.3 is 15.0 Å². The zero-order chi connectivity index (χ0) is 32.1. The van der Waals surface area contributed by atoms with Crippen molar-refractivity contribution in [3.63, 3.8) is 0 Å². The molecular weight excluding hydrogens is 574 g/mol. The highest BCUT2D eigenvalue weighted by atomic mass is 16.6. The quantitative estimate of drug-likeness (QED) is 0.400. The molecule has 11 heteroatoms. The van der Waals surface area contributed by atoms with Gasteiger partial charge in [-0.25, -0.2) is 9.59 Å². The zero-order valence-electron chi connectivity index (χ0n) is 26.7. The van der Waals surface area contributed by atoms with Crippen LogP contribution >= 0.6 is 0 Å². The molecule has 2 aliphatic heterocycles. The number of imidazole rings is 1. The van der Waals surface area contributed by atoms with Crippen LogP contribution in [0.3, 0.4) is 0 Å². The monoisotopic (exact) mass is 617 g/mol. The molecule has 1 atom stereocenters. The lowest BCUT2D eigenvalue weighted by molar-refractivity contribution is -0.151. The van der Waals surface area contributed by atoms with E-state index in [0.29, 0.717) is 30.5 Å². The van der Waals surface area contributed by atoms with Crippen LogP contribution in [0.25, 0.3) is 11.0 Å². The average molecular weight is 618 g/mol. The number of fused-ring (bicyclic) bond motifs is 4. The third-order valence-corrected chi connectivity index (χ3v) is 10.3. The number of amides is 4. The molecule has 1 aromatic carbocycles. The second-order valence-electron chi connectivity index (χ2n) is 14.4. The fraction of sp³-hybridized carbons (Fsp3) is 0.618. The van der Waals surface area contributed by atoms with Crippen LogP contribution in [-0.2, 0) is 26.2 Å². The number of ether oxygens (including phenoxy) is 1. The first-order valence-corrected chi connectivity index (χ1v) is 16.1. The molecule has 45 heavy (non-hydrogen) atoms. The normalized spacial score (nSPS) is 27.1. The van der Waals surface area contributed by atoms with E-state index in [0.717, 1.165) is 56.9 Å². The third-order valence-electron chi connectivity index (χ3n) is 10.3. The Morgan fingerprint density at radius 3 is 2.27 bits per heavy atom. The summed E-state index contributed by atoms with van der Waals surface area (Å²) in [6.45, 7) is 6.95. The largest absolute Gasteiger partial charge is 0.444 e. The van der Waals surface area contributed by atoms with E-state index in [4.69, 9.17) is 4.74 Å². The lowest BCUT2D eigenvalue weighted by Gasteiger charge is -2.53. The number of carbonyl (C=O) groups excluding carboxylic acids is 4. The molecule has 2 saturated heterocycles. The number of nitrogens with one attached hydrogen (secondary N) is 2. The summed E-state index contributed by atoms with van der Waals surface area (Å²) in [6.07, 6.45) is 6.50. The van der Waals surface area contributed by atoms with Crippen LogP contribution in [0.2, 0.25) is 0 Å². The average Bonchev–Trinajstić information content (AvgIpc) is 3.24. The lowest BCUT2D eigenvalue weighted by Crippen LogP contribution is -2.61. The summed E-state index contributed by atoms with van der Waals surface area (Å²) in [5.41, 5.74) is 0.658. The number of rotatable bonds is 3. The van der Waals surface area contributed by atoms with Gasteiger partial charge in [0.1, 0.15) is 11.6 Å². The van der Waals surface area contributed by atoms with Crippen molar-refractivity contribution in [3.8, 4) is 11.8 Å². The Hall–Kier alpha value is -4.07. The topological polar surface area (TPSA) is 132 Å². The maximum absolute atomic E-state index is 13.8. The number of benzene rings is 1. The molecule has 0 spiro atoms. The fourth-order valence-corrected chi connectivity index (χ4v) is 7.63. The molecule has 5 aliphatic rings. The second kappa shape index (κ2) is 11.4. The van der Waals surface area contributed by atoms with Crippen molar-refractivity contribution in [2.24, 2.45) is 18.4 Å². The summed E-state index contributed by atoms with van der Waals surface area (Å²) in [4.78, 5) is 65.4. The molecule has 7 rings (SSSR count). The molecule has 3 aliphatic carbocycles. The van der Waals surface area contributed by atoms with E-state index in [1.165, 1.54) is 9.13 Å². The Bertz CT molecular complexity index is 1650. The van der Waals surface area contributed by atoms with Gasteiger partial charge in [-0.15, -0.1) is 0 Å². The predicted octanol–water partition coefficient (Wildman–Crippen LogP) is 3.53. The summed E-state index contributed by atoms with van der Waals surface area (Å²) in [7, 11) is 1.67. The van der Waals surface area contributed by atoms with Crippen molar-refractivity contribution in [1.29, 1.82) is 0 Å². The summed E-state index contributed by atoms with van der Waals surface area (Å²) in [5.74, 6) is 6.32. The number of hydrogen-bond donors (Lipinski definition) is 2. The maximum Gasteiger partial charge on any atom is 0.408 e. The molecule has 3 saturated carbocycles. The molecule has 0 radical (unpaired) electrons. The van der Waals surface area contributed by atoms with Gasteiger partial charge in [0.05, 0.1) is 11.0 Å². The molecule has 2 bridgehead atoms. The van der Waals surface area contributed by atoms with Gasteiger partial charge in [0, 0.05) is 49.0 Å². The van der Waals surface area contributed by atoms with Crippen molar-refractivity contribution in [3.05, 3.63) is 34.2 Å². The van der Waals surface area contributed by atoms with Gasteiger partial charge in [0.25, 0.3) is 0 Å². The first kappa shape index (κ1) is 30.9. The van der Waals surface area contributed by atoms with E-state index in [9.17, 15) is 24.0 Å². The van der Waals surface area contributed by atoms with Gasteiger partial charge in [-0.3, -0.25) is 28.8 Å². The molecule has 2 N–H and O–H groups in total.